The number of benzene rings is 1. The van der Waals surface area contributed by atoms with Crippen LogP contribution in [0.4, 0.5) is 0 Å². The van der Waals surface area contributed by atoms with Crippen molar-refractivity contribution in [3.8, 4) is 5.75 Å². The largest absolute Gasteiger partial charge is 0.494 e. The molecule has 3 N–H and O–H groups in total. The lowest BCUT2D eigenvalue weighted by atomic mass is 9.82. The number of hydrogen-bond donors (Lipinski definition) is 2. The van der Waals surface area contributed by atoms with Gasteiger partial charge in [-0.3, -0.25) is 4.79 Å². The van der Waals surface area contributed by atoms with Crippen molar-refractivity contribution in [2.24, 2.45) is 11.7 Å². The predicted octanol–water partition coefficient (Wildman–Crippen LogP) is 2.38. The van der Waals surface area contributed by atoms with Crippen molar-refractivity contribution >= 4 is 5.97 Å². The number of fused-ring (bicyclic) bond motifs is 1. The summed E-state index contributed by atoms with van der Waals surface area (Å²) in [6.45, 7) is 1.39. The molecule has 4 heteroatoms. The topological polar surface area (TPSA) is 72.5 Å². The van der Waals surface area contributed by atoms with Gasteiger partial charge in [0, 0.05) is 6.42 Å². The zero-order valence-electron chi connectivity index (χ0n) is 11.8. The second-order valence-corrected chi connectivity index (χ2v) is 5.48. The van der Waals surface area contributed by atoms with E-state index in [0.29, 0.717) is 13.2 Å². The Bertz CT molecular complexity index is 459. The molecule has 0 fully saturated rings. The van der Waals surface area contributed by atoms with Gasteiger partial charge in [-0.1, -0.05) is 6.07 Å². The fraction of sp³-hybridized carbons (Fsp3) is 0.562. The molecule has 0 saturated heterocycles. The molecule has 2 rings (SSSR count). The standard InChI is InChI=1S/C16H23NO3/c17-7-1-2-8-20-15-6-5-13-4-3-12(10-16(18)19)9-14(13)11-15/h5-6,11-12H,1-4,7-10,17H2,(H,18,19). The van der Waals surface area contributed by atoms with E-state index in [9.17, 15) is 4.79 Å². The molecule has 0 bridgehead atoms. The highest BCUT2D eigenvalue weighted by molar-refractivity contribution is 5.67. The normalized spacial score (nSPS) is 17.6. The summed E-state index contributed by atoms with van der Waals surface area (Å²) in [6, 6.07) is 6.20. The Morgan fingerprint density at radius 3 is 2.95 bits per heavy atom. The highest BCUT2D eigenvalue weighted by Crippen LogP contribution is 2.30. The monoisotopic (exact) mass is 277 g/mol. The molecule has 0 spiro atoms. The molecule has 0 heterocycles. The number of ether oxygens (including phenoxy) is 1. The first-order valence-corrected chi connectivity index (χ1v) is 7.35. The van der Waals surface area contributed by atoms with Crippen LogP contribution in [-0.4, -0.2) is 24.2 Å². The van der Waals surface area contributed by atoms with E-state index in [0.717, 1.165) is 37.9 Å². The van der Waals surface area contributed by atoms with Gasteiger partial charge in [-0.25, -0.2) is 0 Å². The molecule has 0 amide bonds. The molecule has 0 saturated carbocycles. The van der Waals surface area contributed by atoms with Crippen molar-refractivity contribution in [2.45, 2.75) is 38.5 Å². The Hall–Kier alpha value is -1.55. The van der Waals surface area contributed by atoms with Crippen LogP contribution < -0.4 is 10.5 Å². The summed E-state index contributed by atoms with van der Waals surface area (Å²) >= 11 is 0. The van der Waals surface area contributed by atoms with Crippen LogP contribution in [-0.2, 0) is 17.6 Å². The molecule has 1 aromatic carbocycles. The number of aryl methyl sites for hydroxylation is 1. The average Bonchev–Trinajstić information content (AvgIpc) is 2.42. The van der Waals surface area contributed by atoms with Crippen LogP contribution in [0.25, 0.3) is 0 Å². The Morgan fingerprint density at radius 1 is 1.35 bits per heavy atom. The summed E-state index contributed by atoms with van der Waals surface area (Å²) in [7, 11) is 0. The van der Waals surface area contributed by atoms with E-state index in [-0.39, 0.29) is 12.3 Å². The minimum Gasteiger partial charge on any atom is -0.494 e. The van der Waals surface area contributed by atoms with Gasteiger partial charge in [0.15, 0.2) is 0 Å². The highest BCUT2D eigenvalue weighted by Gasteiger charge is 2.21. The number of carboxylic acids is 1. The SMILES string of the molecule is NCCCCOc1ccc2c(c1)CC(CC(=O)O)CC2. The molecule has 0 aliphatic heterocycles. The first-order valence-electron chi connectivity index (χ1n) is 7.35. The van der Waals surface area contributed by atoms with Crippen LogP contribution >= 0.6 is 0 Å². The summed E-state index contributed by atoms with van der Waals surface area (Å²) in [6.07, 6.45) is 5.00. The summed E-state index contributed by atoms with van der Waals surface area (Å²) in [5, 5.41) is 8.90. The van der Waals surface area contributed by atoms with E-state index in [2.05, 4.69) is 12.1 Å². The molecule has 0 aromatic heterocycles. The van der Waals surface area contributed by atoms with Crippen molar-refractivity contribution < 1.29 is 14.6 Å². The first kappa shape index (κ1) is 14.9. The van der Waals surface area contributed by atoms with Gasteiger partial charge in [0.25, 0.3) is 0 Å². The zero-order chi connectivity index (χ0) is 14.4. The molecular formula is C16H23NO3. The van der Waals surface area contributed by atoms with Crippen molar-refractivity contribution in [1.82, 2.24) is 0 Å². The second kappa shape index (κ2) is 7.29. The highest BCUT2D eigenvalue weighted by atomic mass is 16.5. The minimum absolute atomic E-state index is 0.257. The van der Waals surface area contributed by atoms with Gasteiger partial charge < -0.3 is 15.6 Å². The van der Waals surface area contributed by atoms with E-state index in [1.54, 1.807) is 0 Å². The van der Waals surface area contributed by atoms with Crippen LogP contribution in [0.15, 0.2) is 18.2 Å². The smallest absolute Gasteiger partial charge is 0.303 e. The van der Waals surface area contributed by atoms with E-state index >= 15 is 0 Å². The van der Waals surface area contributed by atoms with E-state index in [4.69, 9.17) is 15.6 Å². The molecular weight excluding hydrogens is 254 g/mol. The summed E-state index contributed by atoms with van der Waals surface area (Å²) in [5.41, 5.74) is 8.03. The fourth-order valence-corrected chi connectivity index (χ4v) is 2.76. The van der Waals surface area contributed by atoms with Crippen LogP contribution in [0.3, 0.4) is 0 Å². The first-order chi connectivity index (χ1) is 9.69. The van der Waals surface area contributed by atoms with Gasteiger partial charge in [-0.2, -0.15) is 0 Å². The molecule has 20 heavy (non-hydrogen) atoms. The Kier molecular flexibility index (Phi) is 5.41. The fourth-order valence-electron chi connectivity index (χ4n) is 2.76. The van der Waals surface area contributed by atoms with Gasteiger partial charge in [-0.15, -0.1) is 0 Å². The number of unbranched alkanes of at least 4 members (excludes halogenated alkanes) is 1. The summed E-state index contributed by atoms with van der Waals surface area (Å²) in [5.74, 6) is 0.442. The molecule has 1 aromatic rings. The van der Waals surface area contributed by atoms with E-state index in [1.165, 1.54) is 11.1 Å². The Morgan fingerprint density at radius 2 is 2.20 bits per heavy atom. The van der Waals surface area contributed by atoms with Gasteiger partial charge in [-0.05, 0) is 67.8 Å². The van der Waals surface area contributed by atoms with Crippen molar-refractivity contribution in [3.05, 3.63) is 29.3 Å². The number of rotatable bonds is 7. The Labute approximate surface area is 119 Å². The zero-order valence-corrected chi connectivity index (χ0v) is 11.8. The van der Waals surface area contributed by atoms with Gasteiger partial charge in [0.05, 0.1) is 6.61 Å². The Balaban J connectivity index is 1.94. The number of carbonyl (C=O) groups is 1. The molecule has 1 unspecified atom stereocenters. The number of hydrogen-bond acceptors (Lipinski definition) is 3. The van der Waals surface area contributed by atoms with Crippen LogP contribution in [0.2, 0.25) is 0 Å². The third-order valence-corrected chi connectivity index (χ3v) is 3.84. The van der Waals surface area contributed by atoms with Crippen molar-refractivity contribution in [3.63, 3.8) is 0 Å². The molecule has 4 nitrogen and oxygen atoms in total. The van der Waals surface area contributed by atoms with Crippen LogP contribution in [0.5, 0.6) is 5.75 Å². The van der Waals surface area contributed by atoms with Gasteiger partial charge in [0.1, 0.15) is 5.75 Å². The van der Waals surface area contributed by atoms with Crippen molar-refractivity contribution in [2.75, 3.05) is 13.2 Å². The lowest BCUT2D eigenvalue weighted by Gasteiger charge is -2.24. The number of aliphatic carboxylic acids is 1. The molecule has 110 valence electrons. The van der Waals surface area contributed by atoms with Crippen LogP contribution in [0.1, 0.15) is 36.8 Å². The molecule has 1 aliphatic rings. The van der Waals surface area contributed by atoms with E-state index in [1.807, 2.05) is 6.07 Å². The number of nitrogens with two attached hydrogens (primary N) is 1. The third-order valence-electron chi connectivity index (χ3n) is 3.84. The lowest BCUT2D eigenvalue weighted by Crippen LogP contribution is -2.17. The number of carboxylic acid groups (broad SMARTS) is 1. The maximum Gasteiger partial charge on any atom is 0.303 e. The summed E-state index contributed by atoms with van der Waals surface area (Å²) in [4.78, 5) is 10.8. The lowest BCUT2D eigenvalue weighted by molar-refractivity contribution is -0.138. The maximum absolute atomic E-state index is 10.8. The van der Waals surface area contributed by atoms with Gasteiger partial charge >= 0.3 is 5.97 Å². The van der Waals surface area contributed by atoms with Gasteiger partial charge in [0.2, 0.25) is 0 Å². The second-order valence-electron chi connectivity index (χ2n) is 5.48. The van der Waals surface area contributed by atoms with Crippen molar-refractivity contribution in [1.29, 1.82) is 0 Å². The molecule has 1 aliphatic carbocycles. The third kappa shape index (κ3) is 4.23. The molecule has 1 atom stereocenters. The minimum atomic E-state index is -0.701. The van der Waals surface area contributed by atoms with E-state index < -0.39 is 5.97 Å². The predicted molar refractivity (Wildman–Crippen MR) is 78.0 cm³/mol. The maximum atomic E-state index is 10.8. The quantitative estimate of drug-likeness (QED) is 0.751. The average molecular weight is 277 g/mol. The van der Waals surface area contributed by atoms with Crippen LogP contribution in [0, 0.1) is 5.92 Å². The molecule has 0 radical (unpaired) electrons. The summed E-state index contributed by atoms with van der Waals surface area (Å²) < 4.78 is 5.72.